The molecule has 198 valence electrons. The molecule has 6 heteroatoms. The van der Waals surface area contributed by atoms with Gasteiger partial charge in [-0.05, 0) is 64.1 Å². The highest BCUT2D eigenvalue weighted by molar-refractivity contribution is 5.96. The number of aliphatic carboxylic acids is 1. The predicted octanol–water partition coefficient (Wildman–Crippen LogP) is 6.30. The molecule has 0 aliphatic carbocycles. The Kier molecular flexibility index (Phi) is 8.25. The van der Waals surface area contributed by atoms with Crippen LogP contribution >= 0.6 is 0 Å². The van der Waals surface area contributed by atoms with Crippen LogP contribution in [0.4, 0.5) is 0 Å². The van der Waals surface area contributed by atoms with E-state index in [2.05, 4.69) is 26.1 Å². The molecule has 1 amide bonds. The maximum atomic E-state index is 12.7. The van der Waals surface area contributed by atoms with Crippen molar-refractivity contribution < 1.29 is 24.2 Å². The van der Waals surface area contributed by atoms with Crippen molar-refractivity contribution in [2.75, 3.05) is 0 Å². The summed E-state index contributed by atoms with van der Waals surface area (Å²) in [6.45, 7) is 6.24. The molecule has 0 heterocycles. The fraction of sp³-hybridized carbons (Fsp3) is 0.182. The molecule has 0 aromatic heterocycles. The summed E-state index contributed by atoms with van der Waals surface area (Å²) in [6, 6.07) is 29.6. The molecule has 1 atom stereocenters. The first-order valence-corrected chi connectivity index (χ1v) is 12.7. The SMILES string of the molecule is CC(C)(C)c1ccc(C(=O)NC(Cc2ccc(OC(=O)c3cccc(-c4ccccc4)c3)cc2)C(=O)O)cc1. The molecule has 2 N–H and O–H groups in total. The highest BCUT2D eigenvalue weighted by Crippen LogP contribution is 2.23. The summed E-state index contributed by atoms with van der Waals surface area (Å²) in [6.07, 6.45) is 0.0779. The van der Waals surface area contributed by atoms with Crippen LogP contribution in [0.3, 0.4) is 0 Å². The van der Waals surface area contributed by atoms with Gasteiger partial charge in [-0.25, -0.2) is 9.59 Å². The molecule has 6 nitrogen and oxygen atoms in total. The van der Waals surface area contributed by atoms with Crippen LogP contribution in [0.2, 0.25) is 0 Å². The zero-order valence-electron chi connectivity index (χ0n) is 22.2. The van der Waals surface area contributed by atoms with Crippen molar-refractivity contribution in [3.8, 4) is 16.9 Å². The quantitative estimate of drug-likeness (QED) is 0.210. The molecule has 0 aliphatic heterocycles. The minimum absolute atomic E-state index is 0.0503. The molecular formula is C33H31NO5. The summed E-state index contributed by atoms with van der Waals surface area (Å²) in [5, 5.41) is 12.3. The lowest BCUT2D eigenvalue weighted by Crippen LogP contribution is -2.42. The van der Waals surface area contributed by atoms with E-state index in [1.807, 2.05) is 48.5 Å². The first-order chi connectivity index (χ1) is 18.6. The van der Waals surface area contributed by atoms with Crippen LogP contribution in [0.1, 0.15) is 52.6 Å². The normalized spacial score (nSPS) is 11.9. The van der Waals surface area contributed by atoms with Crippen molar-refractivity contribution >= 4 is 17.8 Å². The number of carbonyl (C=O) groups is 3. The molecule has 0 spiro atoms. The van der Waals surface area contributed by atoms with Crippen LogP contribution in [-0.4, -0.2) is 29.0 Å². The Labute approximate surface area is 228 Å². The van der Waals surface area contributed by atoms with Gasteiger partial charge in [0, 0.05) is 12.0 Å². The van der Waals surface area contributed by atoms with Gasteiger partial charge in [-0.15, -0.1) is 0 Å². The Morgan fingerprint density at radius 2 is 1.41 bits per heavy atom. The summed E-state index contributed by atoms with van der Waals surface area (Å²) >= 11 is 0. The lowest BCUT2D eigenvalue weighted by atomic mass is 9.86. The number of nitrogens with one attached hydrogen (secondary N) is 1. The molecular weight excluding hydrogens is 490 g/mol. The molecule has 0 radical (unpaired) electrons. The highest BCUT2D eigenvalue weighted by Gasteiger charge is 2.22. The third kappa shape index (κ3) is 7.20. The average molecular weight is 522 g/mol. The molecule has 0 aliphatic rings. The van der Waals surface area contributed by atoms with Crippen molar-refractivity contribution in [3.63, 3.8) is 0 Å². The predicted molar refractivity (Wildman–Crippen MR) is 151 cm³/mol. The van der Waals surface area contributed by atoms with Crippen LogP contribution in [0, 0.1) is 0 Å². The third-order valence-electron chi connectivity index (χ3n) is 6.40. The van der Waals surface area contributed by atoms with E-state index in [0.29, 0.717) is 22.4 Å². The van der Waals surface area contributed by atoms with Gasteiger partial charge in [-0.3, -0.25) is 4.79 Å². The Hall–Kier alpha value is -4.71. The van der Waals surface area contributed by atoms with Gasteiger partial charge in [0.2, 0.25) is 0 Å². The van der Waals surface area contributed by atoms with Gasteiger partial charge in [0.25, 0.3) is 5.91 Å². The van der Waals surface area contributed by atoms with Gasteiger partial charge in [-0.2, -0.15) is 0 Å². The lowest BCUT2D eigenvalue weighted by molar-refractivity contribution is -0.139. The topological polar surface area (TPSA) is 92.7 Å². The zero-order valence-corrected chi connectivity index (χ0v) is 22.2. The molecule has 0 bridgehead atoms. The first-order valence-electron chi connectivity index (χ1n) is 12.7. The average Bonchev–Trinajstić information content (AvgIpc) is 2.93. The van der Waals surface area contributed by atoms with E-state index < -0.39 is 23.9 Å². The monoisotopic (exact) mass is 521 g/mol. The van der Waals surface area contributed by atoms with Crippen molar-refractivity contribution in [1.29, 1.82) is 0 Å². The van der Waals surface area contributed by atoms with Crippen molar-refractivity contribution in [2.45, 2.75) is 38.6 Å². The molecule has 39 heavy (non-hydrogen) atoms. The van der Waals surface area contributed by atoms with E-state index >= 15 is 0 Å². The van der Waals surface area contributed by atoms with Gasteiger partial charge in [-0.1, -0.05) is 87.5 Å². The van der Waals surface area contributed by atoms with Crippen LogP contribution < -0.4 is 10.1 Å². The van der Waals surface area contributed by atoms with Crippen molar-refractivity contribution in [2.24, 2.45) is 0 Å². The zero-order chi connectivity index (χ0) is 28.0. The Morgan fingerprint density at radius 3 is 2.03 bits per heavy atom. The number of esters is 1. The summed E-state index contributed by atoms with van der Waals surface area (Å²) in [7, 11) is 0. The van der Waals surface area contributed by atoms with E-state index in [9.17, 15) is 19.5 Å². The van der Waals surface area contributed by atoms with Crippen molar-refractivity contribution in [3.05, 3.63) is 125 Å². The van der Waals surface area contributed by atoms with Crippen molar-refractivity contribution in [1.82, 2.24) is 5.32 Å². The van der Waals surface area contributed by atoms with E-state index in [0.717, 1.165) is 16.7 Å². The van der Waals surface area contributed by atoms with E-state index in [1.54, 1.807) is 54.6 Å². The maximum Gasteiger partial charge on any atom is 0.343 e. The molecule has 0 saturated heterocycles. The van der Waals surface area contributed by atoms with Crippen LogP contribution in [0.5, 0.6) is 5.75 Å². The standard InChI is InChI=1S/C33H31NO5/c1-33(2,3)27-16-14-24(15-17-27)30(35)34-29(31(36)37)20-22-12-18-28(19-13-22)39-32(38)26-11-7-10-25(21-26)23-8-5-4-6-9-23/h4-19,21,29H,20H2,1-3H3,(H,34,35)(H,36,37). The third-order valence-corrected chi connectivity index (χ3v) is 6.40. The second-order valence-electron chi connectivity index (χ2n) is 10.4. The number of amides is 1. The fourth-order valence-corrected chi connectivity index (χ4v) is 4.11. The molecule has 4 aromatic carbocycles. The number of carbonyl (C=O) groups excluding carboxylic acids is 2. The number of carboxylic acids is 1. The van der Waals surface area contributed by atoms with Gasteiger partial charge in [0.1, 0.15) is 11.8 Å². The molecule has 1 unspecified atom stereocenters. The lowest BCUT2D eigenvalue weighted by Gasteiger charge is -2.19. The second-order valence-corrected chi connectivity index (χ2v) is 10.4. The highest BCUT2D eigenvalue weighted by atomic mass is 16.5. The summed E-state index contributed by atoms with van der Waals surface area (Å²) in [5.41, 5.74) is 4.43. The van der Waals surface area contributed by atoms with Crippen LogP contribution in [0.15, 0.2) is 103 Å². The smallest absolute Gasteiger partial charge is 0.343 e. The van der Waals surface area contributed by atoms with Gasteiger partial charge in [0.15, 0.2) is 0 Å². The first kappa shape index (κ1) is 27.3. The van der Waals surface area contributed by atoms with Gasteiger partial charge < -0.3 is 15.2 Å². The van der Waals surface area contributed by atoms with E-state index in [1.165, 1.54) is 0 Å². The largest absolute Gasteiger partial charge is 0.480 e. The Bertz CT molecular complexity index is 1450. The van der Waals surface area contributed by atoms with Crippen LogP contribution in [0.25, 0.3) is 11.1 Å². The number of rotatable bonds is 8. The number of hydrogen-bond donors (Lipinski definition) is 2. The number of hydrogen-bond acceptors (Lipinski definition) is 4. The number of ether oxygens (including phenoxy) is 1. The summed E-state index contributed by atoms with van der Waals surface area (Å²) in [4.78, 5) is 37.3. The Morgan fingerprint density at radius 1 is 0.769 bits per heavy atom. The molecule has 4 rings (SSSR count). The van der Waals surface area contributed by atoms with E-state index in [-0.39, 0.29) is 11.8 Å². The number of benzene rings is 4. The Balaban J connectivity index is 1.38. The second kappa shape index (κ2) is 11.8. The molecule has 4 aromatic rings. The van der Waals surface area contributed by atoms with Gasteiger partial charge in [0.05, 0.1) is 5.56 Å². The molecule has 0 fully saturated rings. The maximum absolute atomic E-state index is 12.7. The van der Waals surface area contributed by atoms with Gasteiger partial charge >= 0.3 is 11.9 Å². The summed E-state index contributed by atoms with van der Waals surface area (Å²) in [5.74, 6) is -1.74. The summed E-state index contributed by atoms with van der Waals surface area (Å²) < 4.78 is 5.53. The van der Waals surface area contributed by atoms with E-state index in [4.69, 9.17) is 4.74 Å². The fourth-order valence-electron chi connectivity index (χ4n) is 4.11. The number of carboxylic acid groups (broad SMARTS) is 1. The minimum atomic E-state index is -1.14. The molecule has 0 saturated carbocycles. The van der Waals surface area contributed by atoms with Crippen LogP contribution in [-0.2, 0) is 16.6 Å². The minimum Gasteiger partial charge on any atom is -0.480 e.